The molecular weight excluding hydrogens is 148 g/mol. The van der Waals surface area contributed by atoms with E-state index in [1.165, 1.54) is 0 Å². The molecule has 60 valence electrons. The van der Waals surface area contributed by atoms with Gasteiger partial charge in [0, 0.05) is 11.8 Å². The van der Waals surface area contributed by atoms with E-state index in [0.717, 1.165) is 11.3 Å². The Hall–Kier alpha value is -1.70. The van der Waals surface area contributed by atoms with Crippen LogP contribution in [0.25, 0.3) is 11.3 Å². The highest BCUT2D eigenvalue weighted by atomic mass is 15.3. The molecule has 2 heteroatoms. The third-order valence-corrected chi connectivity index (χ3v) is 1.85. The average molecular weight is 158 g/mol. The Balaban J connectivity index is 2.51. The highest BCUT2D eigenvalue weighted by molar-refractivity contribution is 5.59. The molecule has 0 unspecified atom stereocenters. The molecule has 2 nitrogen and oxygen atoms in total. The van der Waals surface area contributed by atoms with Crippen LogP contribution in [0.1, 0.15) is 0 Å². The molecule has 0 atom stereocenters. The molecule has 0 radical (unpaired) electrons. The SMILES string of the molecule is Nn1cccc1-c1ccccc1. The molecule has 0 spiro atoms. The Labute approximate surface area is 71.2 Å². The van der Waals surface area contributed by atoms with Gasteiger partial charge in [-0.2, -0.15) is 0 Å². The van der Waals surface area contributed by atoms with Crippen molar-refractivity contribution in [2.75, 3.05) is 5.84 Å². The summed E-state index contributed by atoms with van der Waals surface area (Å²) in [4.78, 5) is 0. The van der Waals surface area contributed by atoms with E-state index in [0.29, 0.717) is 0 Å². The monoisotopic (exact) mass is 158 g/mol. The van der Waals surface area contributed by atoms with Crippen molar-refractivity contribution < 1.29 is 0 Å². The van der Waals surface area contributed by atoms with Crippen molar-refractivity contribution in [2.24, 2.45) is 0 Å². The third kappa shape index (κ3) is 1.07. The average Bonchev–Trinajstić information content (AvgIpc) is 2.53. The first-order chi connectivity index (χ1) is 5.88. The van der Waals surface area contributed by atoms with Gasteiger partial charge in [-0.05, 0) is 12.1 Å². The van der Waals surface area contributed by atoms with E-state index in [1.54, 1.807) is 4.68 Å². The van der Waals surface area contributed by atoms with E-state index in [2.05, 4.69) is 0 Å². The fourth-order valence-corrected chi connectivity index (χ4v) is 1.25. The van der Waals surface area contributed by atoms with Gasteiger partial charge < -0.3 is 5.84 Å². The van der Waals surface area contributed by atoms with Crippen molar-refractivity contribution in [1.82, 2.24) is 4.68 Å². The molecular formula is C10H10N2. The molecule has 0 amide bonds. The fourth-order valence-electron chi connectivity index (χ4n) is 1.25. The summed E-state index contributed by atoms with van der Waals surface area (Å²) in [6, 6.07) is 14.0. The topological polar surface area (TPSA) is 30.9 Å². The minimum Gasteiger partial charge on any atom is -0.339 e. The minimum absolute atomic E-state index is 1.04. The summed E-state index contributed by atoms with van der Waals surface area (Å²) in [7, 11) is 0. The second-order valence-corrected chi connectivity index (χ2v) is 2.67. The number of nitrogens with two attached hydrogens (primary N) is 1. The summed E-state index contributed by atoms with van der Waals surface area (Å²) < 4.78 is 1.62. The van der Waals surface area contributed by atoms with Gasteiger partial charge in [0.1, 0.15) is 0 Å². The number of hydrogen-bond acceptors (Lipinski definition) is 1. The molecule has 2 rings (SSSR count). The van der Waals surface area contributed by atoms with Crippen LogP contribution in [0.4, 0.5) is 0 Å². The summed E-state index contributed by atoms with van der Waals surface area (Å²) in [6.07, 6.45) is 1.84. The molecule has 2 N–H and O–H groups in total. The Bertz CT molecular complexity index is 362. The second kappa shape index (κ2) is 2.74. The number of benzene rings is 1. The maximum atomic E-state index is 5.69. The number of aromatic nitrogens is 1. The minimum atomic E-state index is 1.04. The first-order valence-electron chi connectivity index (χ1n) is 3.86. The first-order valence-corrected chi connectivity index (χ1v) is 3.86. The summed E-state index contributed by atoms with van der Waals surface area (Å²) >= 11 is 0. The number of nitrogen functional groups attached to an aromatic ring is 1. The molecule has 1 aromatic heterocycles. The van der Waals surface area contributed by atoms with Crippen molar-refractivity contribution >= 4 is 0 Å². The van der Waals surface area contributed by atoms with Gasteiger partial charge in [-0.3, -0.25) is 4.68 Å². The summed E-state index contributed by atoms with van der Waals surface area (Å²) in [5.41, 5.74) is 2.18. The Morgan fingerprint density at radius 1 is 0.917 bits per heavy atom. The standard InChI is InChI=1S/C10H10N2/c11-12-8-4-7-10(12)9-5-2-1-3-6-9/h1-8H,11H2. The normalized spacial score (nSPS) is 10.0. The molecule has 12 heavy (non-hydrogen) atoms. The van der Waals surface area contributed by atoms with Crippen LogP contribution in [0.5, 0.6) is 0 Å². The quantitative estimate of drug-likeness (QED) is 0.631. The predicted molar refractivity (Wildman–Crippen MR) is 50.0 cm³/mol. The zero-order valence-corrected chi connectivity index (χ0v) is 6.64. The van der Waals surface area contributed by atoms with Crippen LogP contribution >= 0.6 is 0 Å². The van der Waals surface area contributed by atoms with Crippen molar-refractivity contribution in [3.05, 3.63) is 48.7 Å². The van der Waals surface area contributed by atoms with Crippen LogP contribution in [0.15, 0.2) is 48.7 Å². The Kier molecular flexibility index (Phi) is 1.59. The van der Waals surface area contributed by atoms with Crippen LogP contribution in [-0.4, -0.2) is 4.68 Å². The zero-order valence-electron chi connectivity index (χ0n) is 6.64. The van der Waals surface area contributed by atoms with Crippen molar-refractivity contribution in [2.45, 2.75) is 0 Å². The van der Waals surface area contributed by atoms with E-state index in [9.17, 15) is 0 Å². The smallest absolute Gasteiger partial charge is 0.0689 e. The lowest BCUT2D eigenvalue weighted by molar-refractivity contribution is 1.03. The van der Waals surface area contributed by atoms with E-state index < -0.39 is 0 Å². The third-order valence-electron chi connectivity index (χ3n) is 1.85. The number of hydrogen-bond donors (Lipinski definition) is 1. The molecule has 0 aliphatic rings. The summed E-state index contributed by atoms with van der Waals surface area (Å²) in [5.74, 6) is 5.69. The highest BCUT2D eigenvalue weighted by Gasteiger charge is 1.98. The predicted octanol–water partition coefficient (Wildman–Crippen LogP) is 1.87. The van der Waals surface area contributed by atoms with Crippen LogP contribution in [-0.2, 0) is 0 Å². The van der Waals surface area contributed by atoms with Gasteiger partial charge >= 0.3 is 0 Å². The first kappa shape index (κ1) is 6.98. The zero-order chi connectivity index (χ0) is 8.39. The Morgan fingerprint density at radius 3 is 2.25 bits per heavy atom. The van der Waals surface area contributed by atoms with Gasteiger partial charge in [-0.25, -0.2) is 0 Å². The van der Waals surface area contributed by atoms with Crippen LogP contribution < -0.4 is 5.84 Å². The molecule has 0 saturated carbocycles. The molecule has 0 aliphatic carbocycles. The summed E-state index contributed by atoms with van der Waals surface area (Å²) in [6.45, 7) is 0. The van der Waals surface area contributed by atoms with Gasteiger partial charge in [-0.15, -0.1) is 0 Å². The molecule has 1 heterocycles. The molecule has 2 aromatic rings. The lowest BCUT2D eigenvalue weighted by atomic mass is 10.2. The number of nitrogens with zero attached hydrogens (tertiary/aromatic N) is 1. The van der Waals surface area contributed by atoms with Gasteiger partial charge in [-0.1, -0.05) is 30.3 Å². The summed E-state index contributed by atoms with van der Waals surface area (Å²) in [5, 5.41) is 0. The molecule has 0 bridgehead atoms. The van der Waals surface area contributed by atoms with Crippen molar-refractivity contribution in [3.8, 4) is 11.3 Å². The second-order valence-electron chi connectivity index (χ2n) is 2.67. The largest absolute Gasteiger partial charge is 0.339 e. The van der Waals surface area contributed by atoms with Crippen LogP contribution in [0.2, 0.25) is 0 Å². The maximum absolute atomic E-state index is 5.69. The van der Waals surface area contributed by atoms with E-state index in [-0.39, 0.29) is 0 Å². The lowest BCUT2D eigenvalue weighted by Crippen LogP contribution is -2.07. The van der Waals surface area contributed by atoms with Crippen molar-refractivity contribution in [3.63, 3.8) is 0 Å². The van der Waals surface area contributed by atoms with Gasteiger partial charge in [0.05, 0.1) is 5.69 Å². The van der Waals surface area contributed by atoms with Crippen LogP contribution in [0, 0.1) is 0 Å². The highest BCUT2D eigenvalue weighted by Crippen LogP contribution is 2.16. The van der Waals surface area contributed by atoms with Gasteiger partial charge in [0.25, 0.3) is 0 Å². The van der Waals surface area contributed by atoms with Gasteiger partial charge in [0.2, 0.25) is 0 Å². The molecule has 1 aromatic carbocycles. The lowest BCUT2D eigenvalue weighted by Gasteiger charge is -2.01. The van der Waals surface area contributed by atoms with Crippen LogP contribution in [0.3, 0.4) is 0 Å². The molecule has 0 aliphatic heterocycles. The van der Waals surface area contributed by atoms with Gasteiger partial charge in [0.15, 0.2) is 0 Å². The molecule has 0 fully saturated rings. The molecule has 0 saturated heterocycles. The van der Waals surface area contributed by atoms with E-state index in [1.807, 2.05) is 48.7 Å². The fraction of sp³-hybridized carbons (Fsp3) is 0. The van der Waals surface area contributed by atoms with E-state index >= 15 is 0 Å². The Morgan fingerprint density at radius 2 is 1.67 bits per heavy atom. The maximum Gasteiger partial charge on any atom is 0.0689 e. The van der Waals surface area contributed by atoms with Crippen molar-refractivity contribution in [1.29, 1.82) is 0 Å². The van der Waals surface area contributed by atoms with E-state index in [4.69, 9.17) is 5.84 Å². The number of rotatable bonds is 1.